The maximum Gasteiger partial charge on any atom is 0.135 e. The van der Waals surface area contributed by atoms with Gasteiger partial charge in [0.25, 0.3) is 0 Å². The molecule has 0 amide bonds. The zero-order valence-corrected chi connectivity index (χ0v) is 13.1. The van der Waals surface area contributed by atoms with E-state index in [1.165, 1.54) is 5.56 Å². The molecule has 0 aromatic heterocycles. The van der Waals surface area contributed by atoms with Crippen molar-refractivity contribution in [3.8, 4) is 5.75 Å². The molecule has 0 aliphatic carbocycles. The quantitative estimate of drug-likeness (QED) is 0.831. The number of nitrogens with one attached hydrogen (secondary N) is 1. The predicted molar refractivity (Wildman–Crippen MR) is 82.2 cm³/mol. The van der Waals surface area contributed by atoms with Gasteiger partial charge in [0.15, 0.2) is 0 Å². The minimum Gasteiger partial charge on any atom is -0.495 e. The van der Waals surface area contributed by atoms with E-state index in [0.29, 0.717) is 0 Å². The van der Waals surface area contributed by atoms with E-state index in [1.54, 1.807) is 7.11 Å². The second kappa shape index (κ2) is 6.25. The molecule has 0 aliphatic rings. The van der Waals surface area contributed by atoms with Crippen LogP contribution in [-0.4, -0.2) is 7.11 Å². The molecule has 18 heavy (non-hydrogen) atoms. The Morgan fingerprint density at radius 2 is 1.94 bits per heavy atom. The van der Waals surface area contributed by atoms with Crippen LogP contribution >= 0.6 is 31.9 Å². The molecular weight excluding hydrogens is 358 g/mol. The van der Waals surface area contributed by atoms with Gasteiger partial charge in [-0.15, -0.1) is 0 Å². The van der Waals surface area contributed by atoms with Gasteiger partial charge in [-0.1, -0.05) is 28.1 Å². The zero-order chi connectivity index (χ0) is 13.0. The predicted octanol–water partition coefficient (Wildman–Crippen LogP) is 4.83. The summed E-state index contributed by atoms with van der Waals surface area (Å²) in [4.78, 5) is 0. The molecule has 4 heteroatoms. The molecule has 0 atom stereocenters. The average Bonchev–Trinajstić information content (AvgIpc) is 2.38. The van der Waals surface area contributed by atoms with Crippen molar-refractivity contribution in [2.75, 3.05) is 12.4 Å². The summed E-state index contributed by atoms with van der Waals surface area (Å²) in [5.74, 6) is 0.828. The molecule has 2 nitrogen and oxygen atoms in total. The van der Waals surface area contributed by atoms with Gasteiger partial charge in [0, 0.05) is 22.8 Å². The van der Waals surface area contributed by atoms with Crippen LogP contribution in [0.2, 0.25) is 0 Å². The normalized spacial score (nSPS) is 10.2. The highest BCUT2D eigenvalue weighted by atomic mass is 79.9. The van der Waals surface area contributed by atoms with Crippen LogP contribution in [0, 0.1) is 0 Å². The summed E-state index contributed by atoms with van der Waals surface area (Å²) in [5.41, 5.74) is 2.27. The highest BCUT2D eigenvalue weighted by molar-refractivity contribution is 9.10. The van der Waals surface area contributed by atoms with Crippen LogP contribution in [0.25, 0.3) is 0 Å². The topological polar surface area (TPSA) is 21.3 Å². The first-order valence-corrected chi connectivity index (χ1v) is 7.09. The maximum absolute atomic E-state index is 5.26. The Bertz CT molecular complexity index is 543. The van der Waals surface area contributed by atoms with E-state index in [0.717, 1.165) is 26.9 Å². The van der Waals surface area contributed by atoms with Crippen molar-refractivity contribution in [2.45, 2.75) is 6.54 Å². The molecule has 94 valence electrons. The van der Waals surface area contributed by atoms with Crippen LogP contribution in [0.1, 0.15) is 5.56 Å². The lowest BCUT2D eigenvalue weighted by Crippen LogP contribution is -1.99. The van der Waals surface area contributed by atoms with E-state index < -0.39 is 0 Å². The lowest BCUT2D eigenvalue weighted by atomic mass is 10.2. The standard InChI is InChI=1S/C14H13Br2NO/c1-18-14-8-12(5-6-13(14)16)17-9-10-3-2-4-11(15)7-10/h2-8,17H,9H2,1H3. The Kier molecular flexibility index (Phi) is 4.66. The first-order valence-electron chi connectivity index (χ1n) is 5.51. The van der Waals surface area contributed by atoms with Crippen LogP contribution in [0.4, 0.5) is 5.69 Å². The van der Waals surface area contributed by atoms with Gasteiger partial charge in [-0.3, -0.25) is 0 Å². The molecule has 0 saturated heterocycles. The number of ether oxygens (including phenoxy) is 1. The molecule has 2 aromatic carbocycles. The minimum absolute atomic E-state index is 0.782. The number of rotatable bonds is 4. The number of anilines is 1. The highest BCUT2D eigenvalue weighted by Crippen LogP contribution is 2.28. The van der Waals surface area contributed by atoms with Crippen LogP contribution < -0.4 is 10.1 Å². The van der Waals surface area contributed by atoms with Gasteiger partial charge in [-0.05, 0) is 45.8 Å². The van der Waals surface area contributed by atoms with Gasteiger partial charge in [0.1, 0.15) is 5.75 Å². The fraction of sp³-hybridized carbons (Fsp3) is 0.143. The monoisotopic (exact) mass is 369 g/mol. The maximum atomic E-state index is 5.26. The first-order chi connectivity index (χ1) is 8.69. The van der Waals surface area contributed by atoms with Crippen molar-refractivity contribution in [3.05, 3.63) is 57.0 Å². The first kappa shape index (κ1) is 13.4. The van der Waals surface area contributed by atoms with Crippen molar-refractivity contribution in [1.29, 1.82) is 0 Å². The highest BCUT2D eigenvalue weighted by Gasteiger charge is 2.01. The van der Waals surface area contributed by atoms with Gasteiger partial charge in [-0.2, -0.15) is 0 Å². The van der Waals surface area contributed by atoms with Crippen LogP contribution in [0.3, 0.4) is 0 Å². The number of hydrogen-bond acceptors (Lipinski definition) is 2. The lowest BCUT2D eigenvalue weighted by Gasteiger charge is -2.09. The van der Waals surface area contributed by atoms with Crippen molar-refractivity contribution in [3.63, 3.8) is 0 Å². The minimum atomic E-state index is 0.782. The molecule has 0 heterocycles. The van der Waals surface area contributed by atoms with E-state index in [-0.39, 0.29) is 0 Å². The van der Waals surface area contributed by atoms with E-state index in [2.05, 4.69) is 49.3 Å². The van der Waals surface area contributed by atoms with E-state index >= 15 is 0 Å². The third-order valence-corrected chi connectivity index (χ3v) is 3.69. The summed E-state index contributed by atoms with van der Waals surface area (Å²) in [7, 11) is 1.66. The molecule has 0 aliphatic heterocycles. The summed E-state index contributed by atoms with van der Waals surface area (Å²) < 4.78 is 7.31. The SMILES string of the molecule is COc1cc(NCc2cccc(Br)c2)ccc1Br. The van der Waals surface area contributed by atoms with Crippen molar-refractivity contribution in [2.24, 2.45) is 0 Å². The van der Waals surface area contributed by atoms with Crippen molar-refractivity contribution >= 4 is 37.5 Å². The van der Waals surface area contributed by atoms with Gasteiger partial charge in [-0.25, -0.2) is 0 Å². The molecular formula is C14H13Br2NO. The van der Waals surface area contributed by atoms with Crippen LogP contribution in [0.5, 0.6) is 5.75 Å². The summed E-state index contributed by atoms with van der Waals surface area (Å²) >= 11 is 6.90. The van der Waals surface area contributed by atoms with Gasteiger partial charge in [0.2, 0.25) is 0 Å². The molecule has 0 unspecified atom stereocenters. The van der Waals surface area contributed by atoms with E-state index in [1.807, 2.05) is 30.3 Å². The second-order valence-corrected chi connectivity index (χ2v) is 5.60. The smallest absolute Gasteiger partial charge is 0.135 e. The summed E-state index contributed by atoms with van der Waals surface area (Å²) in [6.45, 7) is 0.782. The summed E-state index contributed by atoms with van der Waals surface area (Å²) in [6, 6.07) is 14.2. The second-order valence-electron chi connectivity index (χ2n) is 3.83. The Balaban J connectivity index is 2.06. The Labute approximate surface area is 124 Å². The third kappa shape index (κ3) is 3.50. The number of hydrogen-bond donors (Lipinski definition) is 1. The molecule has 0 saturated carbocycles. The molecule has 1 N–H and O–H groups in total. The Morgan fingerprint density at radius 3 is 2.67 bits per heavy atom. The summed E-state index contributed by atoms with van der Waals surface area (Å²) in [5, 5.41) is 3.37. The fourth-order valence-corrected chi connectivity index (χ4v) is 2.48. The van der Waals surface area contributed by atoms with E-state index in [4.69, 9.17) is 4.74 Å². The molecule has 0 radical (unpaired) electrons. The number of halogens is 2. The molecule has 0 fully saturated rings. The van der Waals surface area contributed by atoms with Crippen LogP contribution in [-0.2, 0) is 6.54 Å². The summed E-state index contributed by atoms with van der Waals surface area (Å²) in [6.07, 6.45) is 0. The molecule has 2 rings (SSSR count). The molecule has 0 bridgehead atoms. The lowest BCUT2D eigenvalue weighted by molar-refractivity contribution is 0.412. The fourth-order valence-electron chi connectivity index (χ4n) is 1.62. The molecule has 0 spiro atoms. The van der Waals surface area contributed by atoms with Gasteiger partial charge >= 0.3 is 0 Å². The largest absolute Gasteiger partial charge is 0.495 e. The van der Waals surface area contributed by atoms with Crippen molar-refractivity contribution < 1.29 is 4.74 Å². The molecule has 2 aromatic rings. The number of methoxy groups -OCH3 is 1. The number of benzene rings is 2. The van der Waals surface area contributed by atoms with Gasteiger partial charge < -0.3 is 10.1 Å². The van der Waals surface area contributed by atoms with E-state index in [9.17, 15) is 0 Å². The average molecular weight is 371 g/mol. The Hall–Kier alpha value is -1.000. The van der Waals surface area contributed by atoms with Gasteiger partial charge in [0.05, 0.1) is 11.6 Å². The van der Waals surface area contributed by atoms with Crippen molar-refractivity contribution in [1.82, 2.24) is 0 Å². The van der Waals surface area contributed by atoms with Crippen LogP contribution in [0.15, 0.2) is 51.4 Å². The third-order valence-electron chi connectivity index (χ3n) is 2.54. The Morgan fingerprint density at radius 1 is 1.11 bits per heavy atom. The zero-order valence-electron chi connectivity index (χ0n) is 9.91.